The molecule has 2 unspecified atom stereocenters. The van der Waals surface area contributed by atoms with E-state index in [0.29, 0.717) is 18.7 Å². The number of carboxylic acid groups (broad SMARTS) is 1. The molecule has 18 heavy (non-hydrogen) atoms. The standard InChI is InChI=1S/C11H11BrN2O4/c12-6-1-4-9(13-5-6)14-10(15)7-2-3-8(18-7)11(16)17/h1,4-5,7-8H,2-3H2,(H,16,17)(H,13,14,15). The Bertz CT molecular complexity index is 463. The zero-order chi connectivity index (χ0) is 13.1. The van der Waals surface area contributed by atoms with E-state index in [0.717, 1.165) is 4.47 Å². The number of pyridine rings is 1. The normalized spacial score (nSPS) is 22.7. The average Bonchev–Trinajstić information content (AvgIpc) is 2.81. The van der Waals surface area contributed by atoms with Crippen LogP contribution in [0.15, 0.2) is 22.8 Å². The highest BCUT2D eigenvalue weighted by molar-refractivity contribution is 9.10. The fraction of sp³-hybridized carbons (Fsp3) is 0.364. The summed E-state index contributed by atoms with van der Waals surface area (Å²) in [5, 5.41) is 11.3. The minimum absolute atomic E-state index is 0.348. The van der Waals surface area contributed by atoms with E-state index in [1.165, 1.54) is 0 Å². The van der Waals surface area contributed by atoms with Crippen LogP contribution in [0.25, 0.3) is 0 Å². The number of anilines is 1. The lowest BCUT2D eigenvalue weighted by Gasteiger charge is -2.11. The molecule has 7 heteroatoms. The Hall–Kier alpha value is -1.47. The summed E-state index contributed by atoms with van der Waals surface area (Å²) in [5.41, 5.74) is 0. The van der Waals surface area contributed by atoms with Crippen LogP contribution in [0, 0.1) is 0 Å². The molecule has 2 N–H and O–H groups in total. The van der Waals surface area contributed by atoms with Gasteiger partial charge in [0.1, 0.15) is 11.9 Å². The van der Waals surface area contributed by atoms with Gasteiger partial charge in [0, 0.05) is 10.7 Å². The van der Waals surface area contributed by atoms with Crippen molar-refractivity contribution in [3.05, 3.63) is 22.8 Å². The third-order valence-electron chi connectivity index (χ3n) is 2.57. The van der Waals surface area contributed by atoms with Crippen LogP contribution in [0.3, 0.4) is 0 Å². The molecule has 2 heterocycles. The molecule has 0 bridgehead atoms. The van der Waals surface area contributed by atoms with Crippen molar-refractivity contribution in [2.75, 3.05) is 5.32 Å². The van der Waals surface area contributed by atoms with E-state index in [-0.39, 0.29) is 5.91 Å². The summed E-state index contributed by atoms with van der Waals surface area (Å²) in [7, 11) is 0. The summed E-state index contributed by atoms with van der Waals surface area (Å²) in [6, 6.07) is 3.39. The number of carbonyl (C=O) groups is 2. The molecule has 0 spiro atoms. The number of hydrogen-bond acceptors (Lipinski definition) is 4. The van der Waals surface area contributed by atoms with E-state index in [2.05, 4.69) is 26.2 Å². The van der Waals surface area contributed by atoms with Gasteiger partial charge in [-0.2, -0.15) is 0 Å². The smallest absolute Gasteiger partial charge is 0.332 e. The topological polar surface area (TPSA) is 88.5 Å². The van der Waals surface area contributed by atoms with E-state index >= 15 is 0 Å². The van der Waals surface area contributed by atoms with Crippen molar-refractivity contribution in [3.8, 4) is 0 Å². The van der Waals surface area contributed by atoms with Crippen LogP contribution >= 0.6 is 15.9 Å². The van der Waals surface area contributed by atoms with Crippen LogP contribution in [0.2, 0.25) is 0 Å². The summed E-state index contributed by atoms with van der Waals surface area (Å²) in [4.78, 5) is 26.5. The number of halogens is 1. The number of aromatic nitrogens is 1. The zero-order valence-electron chi connectivity index (χ0n) is 9.30. The monoisotopic (exact) mass is 314 g/mol. The molecule has 6 nitrogen and oxygen atoms in total. The van der Waals surface area contributed by atoms with Crippen LogP contribution < -0.4 is 5.32 Å². The molecule has 1 aliphatic heterocycles. The molecular formula is C11H11BrN2O4. The van der Waals surface area contributed by atoms with E-state index < -0.39 is 18.2 Å². The fourth-order valence-corrected chi connectivity index (χ4v) is 1.90. The first kappa shape index (κ1) is 13.0. The molecule has 96 valence electrons. The van der Waals surface area contributed by atoms with Gasteiger partial charge >= 0.3 is 5.97 Å². The largest absolute Gasteiger partial charge is 0.479 e. The van der Waals surface area contributed by atoms with Crippen LogP contribution in [0.4, 0.5) is 5.82 Å². The molecule has 1 aromatic rings. The van der Waals surface area contributed by atoms with Crippen LogP contribution in [-0.4, -0.2) is 34.2 Å². The lowest BCUT2D eigenvalue weighted by molar-refractivity contribution is -0.150. The molecule has 1 saturated heterocycles. The second-order valence-corrected chi connectivity index (χ2v) is 4.80. The predicted octanol–water partition coefficient (Wildman–Crippen LogP) is 1.41. The molecule has 1 aliphatic rings. The maximum absolute atomic E-state index is 11.8. The highest BCUT2D eigenvalue weighted by Crippen LogP contribution is 2.21. The van der Waals surface area contributed by atoms with Gasteiger partial charge in [-0.25, -0.2) is 9.78 Å². The number of aliphatic carboxylic acids is 1. The lowest BCUT2D eigenvalue weighted by Crippen LogP contribution is -2.30. The quantitative estimate of drug-likeness (QED) is 0.880. The average molecular weight is 315 g/mol. The highest BCUT2D eigenvalue weighted by atomic mass is 79.9. The summed E-state index contributed by atoms with van der Waals surface area (Å²) < 4.78 is 5.94. The van der Waals surface area contributed by atoms with Gasteiger partial charge in [-0.3, -0.25) is 4.79 Å². The second kappa shape index (κ2) is 5.45. The highest BCUT2D eigenvalue weighted by Gasteiger charge is 2.34. The first-order chi connectivity index (χ1) is 8.56. The van der Waals surface area contributed by atoms with Gasteiger partial charge in [-0.05, 0) is 40.9 Å². The Kier molecular flexibility index (Phi) is 3.93. The number of carbonyl (C=O) groups excluding carboxylic acids is 1. The van der Waals surface area contributed by atoms with Crippen molar-refractivity contribution < 1.29 is 19.4 Å². The molecule has 2 atom stereocenters. The minimum Gasteiger partial charge on any atom is -0.479 e. The van der Waals surface area contributed by atoms with E-state index in [1.54, 1.807) is 18.3 Å². The molecule has 1 aromatic heterocycles. The second-order valence-electron chi connectivity index (χ2n) is 3.88. The Morgan fingerprint density at radius 3 is 2.67 bits per heavy atom. The number of amides is 1. The van der Waals surface area contributed by atoms with Crippen molar-refractivity contribution in [2.24, 2.45) is 0 Å². The molecule has 0 aromatic carbocycles. The van der Waals surface area contributed by atoms with Crippen LogP contribution in [-0.2, 0) is 14.3 Å². The predicted molar refractivity (Wildman–Crippen MR) is 66.1 cm³/mol. The summed E-state index contributed by atoms with van der Waals surface area (Å²) in [6.45, 7) is 0. The van der Waals surface area contributed by atoms with E-state index in [4.69, 9.17) is 9.84 Å². The van der Waals surface area contributed by atoms with Crippen molar-refractivity contribution in [1.29, 1.82) is 0 Å². The molecular weight excluding hydrogens is 304 g/mol. The Morgan fingerprint density at radius 2 is 2.11 bits per heavy atom. The van der Waals surface area contributed by atoms with Crippen molar-refractivity contribution >= 4 is 33.6 Å². The fourth-order valence-electron chi connectivity index (χ4n) is 1.67. The van der Waals surface area contributed by atoms with Gasteiger partial charge in [-0.1, -0.05) is 0 Å². The Balaban J connectivity index is 1.93. The lowest BCUT2D eigenvalue weighted by atomic mass is 10.2. The van der Waals surface area contributed by atoms with Crippen molar-refractivity contribution in [1.82, 2.24) is 4.98 Å². The minimum atomic E-state index is -1.04. The van der Waals surface area contributed by atoms with Gasteiger partial charge in [0.15, 0.2) is 6.10 Å². The van der Waals surface area contributed by atoms with Crippen molar-refractivity contribution in [3.63, 3.8) is 0 Å². The third kappa shape index (κ3) is 3.05. The van der Waals surface area contributed by atoms with Gasteiger partial charge < -0.3 is 15.2 Å². The number of nitrogens with zero attached hydrogens (tertiary/aromatic N) is 1. The van der Waals surface area contributed by atoms with Gasteiger partial charge in [-0.15, -0.1) is 0 Å². The van der Waals surface area contributed by atoms with Gasteiger partial charge in [0.25, 0.3) is 5.91 Å². The summed E-state index contributed by atoms with van der Waals surface area (Å²) in [6.07, 6.45) is 0.696. The van der Waals surface area contributed by atoms with E-state index in [9.17, 15) is 9.59 Å². The van der Waals surface area contributed by atoms with Crippen molar-refractivity contribution in [2.45, 2.75) is 25.0 Å². The number of carboxylic acids is 1. The zero-order valence-corrected chi connectivity index (χ0v) is 10.9. The molecule has 1 amide bonds. The number of nitrogens with one attached hydrogen (secondary N) is 1. The van der Waals surface area contributed by atoms with Crippen LogP contribution in [0.1, 0.15) is 12.8 Å². The number of ether oxygens (including phenoxy) is 1. The third-order valence-corrected chi connectivity index (χ3v) is 3.04. The maximum Gasteiger partial charge on any atom is 0.332 e. The number of hydrogen-bond donors (Lipinski definition) is 2. The maximum atomic E-state index is 11.8. The van der Waals surface area contributed by atoms with Gasteiger partial charge in [0.05, 0.1) is 0 Å². The van der Waals surface area contributed by atoms with E-state index in [1.807, 2.05) is 0 Å². The SMILES string of the molecule is O=C(O)C1CCC(C(=O)Nc2ccc(Br)cn2)O1. The first-order valence-electron chi connectivity index (χ1n) is 5.37. The summed E-state index contributed by atoms with van der Waals surface area (Å²) in [5.74, 6) is -0.994. The molecule has 0 saturated carbocycles. The Morgan fingerprint density at radius 1 is 1.39 bits per heavy atom. The number of rotatable bonds is 3. The van der Waals surface area contributed by atoms with Crippen LogP contribution in [0.5, 0.6) is 0 Å². The summed E-state index contributed by atoms with van der Waals surface area (Å²) >= 11 is 3.24. The first-order valence-corrected chi connectivity index (χ1v) is 6.16. The molecule has 2 rings (SSSR count). The Labute approximate surface area is 111 Å². The molecule has 0 aliphatic carbocycles. The van der Waals surface area contributed by atoms with Gasteiger partial charge in [0.2, 0.25) is 0 Å². The molecule has 0 radical (unpaired) electrons. The molecule has 1 fully saturated rings.